The van der Waals surface area contributed by atoms with Gasteiger partial charge < -0.3 is 10.4 Å². The molecule has 0 aromatic heterocycles. The van der Waals surface area contributed by atoms with Crippen molar-refractivity contribution >= 4 is 17.6 Å². The second kappa shape index (κ2) is 7.01. The zero-order valence-electron chi connectivity index (χ0n) is 13.7. The molecule has 0 aliphatic heterocycles. The van der Waals surface area contributed by atoms with Crippen molar-refractivity contribution in [2.75, 3.05) is 5.32 Å². The first-order chi connectivity index (χ1) is 12.0. The van der Waals surface area contributed by atoms with E-state index in [2.05, 4.69) is 5.32 Å². The first kappa shape index (κ1) is 16.5. The molecule has 0 fully saturated rings. The number of nitrogens with one attached hydrogen (secondary N) is 1. The number of benzene rings is 3. The van der Waals surface area contributed by atoms with E-state index in [-0.39, 0.29) is 11.5 Å². The van der Waals surface area contributed by atoms with Crippen LogP contribution in [0.4, 0.5) is 5.69 Å². The zero-order valence-corrected chi connectivity index (χ0v) is 13.7. The number of amides is 1. The Kier molecular flexibility index (Phi) is 4.61. The molecule has 0 aliphatic carbocycles. The Balaban J connectivity index is 1.77. The molecule has 0 spiro atoms. The summed E-state index contributed by atoms with van der Waals surface area (Å²) in [6.45, 7) is 1.76. The lowest BCUT2D eigenvalue weighted by molar-refractivity contribution is 0.0696. The number of carboxylic acid groups (broad SMARTS) is 1. The highest BCUT2D eigenvalue weighted by atomic mass is 16.4. The molecule has 3 aromatic carbocycles. The van der Waals surface area contributed by atoms with Gasteiger partial charge in [-0.1, -0.05) is 42.5 Å². The van der Waals surface area contributed by atoms with Gasteiger partial charge in [0.25, 0.3) is 5.91 Å². The van der Waals surface area contributed by atoms with Crippen molar-refractivity contribution in [3.8, 4) is 11.1 Å². The average Bonchev–Trinajstić information content (AvgIpc) is 2.64. The summed E-state index contributed by atoms with van der Waals surface area (Å²) < 4.78 is 0. The quantitative estimate of drug-likeness (QED) is 0.733. The molecule has 25 heavy (non-hydrogen) atoms. The number of carboxylic acids is 1. The van der Waals surface area contributed by atoms with Gasteiger partial charge in [-0.2, -0.15) is 0 Å². The lowest BCUT2D eigenvalue weighted by Crippen LogP contribution is -2.13. The summed E-state index contributed by atoms with van der Waals surface area (Å²) in [5, 5.41) is 11.8. The lowest BCUT2D eigenvalue weighted by Gasteiger charge is -2.10. The average molecular weight is 331 g/mol. The summed E-state index contributed by atoms with van der Waals surface area (Å²) in [6.07, 6.45) is 0. The van der Waals surface area contributed by atoms with Crippen molar-refractivity contribution in [3.63, 3.8) is 0 Å². The van der Waals surface area contributed by atoms with E-state index in [1.54, 1.807) is 25.1 Å². The minimum atomic E-state index is -0.988. The standard InChI is InChI=1S/C21H17NO3/c1-14-13-18(21(24)25)11-12-19(14)22-20(23)17-9-7-16(8-10-17)15-5-3-2-4-6-15/h2-13H,1H3,(H,22,23)(H,24,25). The Morgan fingerprint density at radius 2 is 1.40 bits per heavy atom. The minimum Gasteiger partial charge on any atom is -0.478 e. The second-order valence-corrected chi connectivity index (χ2v) is 5.73. The Morgan fingerprint density at radius 1 is 0.800 bits per heavy atom. The largest absolute Gasteiger partial charge is 0.478 e. The molecule has 4 heteroatoms. The van der Waals surface area contributed by atoms with Crippen molar-refractivity contribution in [3.05, 3.63) is 89.5 Å². The Hall–Kier alpha value is -3.40. The number of hydrogen-bond acceptors (Lipinski definition) is 2. The molecular formula is C21H17NO3. The van der Waals surface area contributed by atoms with E-state index >= 15 is 0 Å². The van der Waals surface area contributed by atoms with E-state index in [9.17, 15) is 9.59 Å². The van der Waals surface area contributed by atoms with Gasteiger partial charge in [-0.15, -0.1) is 0 Å². The summed E-state index contributed by atoms with van der Waals surface area (Å²) in [5.74, 6) is -1.22. The number of aryl methyl sites for hydroxylation is 1. The number of carbonyl (C=O) groups is 2. The molecule has 0 bridgehead atoms. The molecule has 0 aliphatic rings. The normalized spacial score (nSPS) is 10.3. The van der Waals surface area contributed by atoms with Gasteiger partial charge in [-0.05, 0) is 53.9 Å². The Labute approximate surface area is 145 Å². The maximum atomic E-state index is 12.4. The maximum Gasteiger partial charge on any atom is 0.335 e. The molecule has 3 rings (SSSR count). The van der Waals surface area contributed by atoms with Crippen LogP contribution in [0.1, 0.15) is 26.3 Å². The molecule has 3 aromatic rings. The van der Waals surface area contributed by atoms with Gasteiger partial charge in [-0.25, -0.2) is 4.79 Å². The van der Waals surface area contributed by atoms with E-state index < -0.39 is 5.97 Å². The summed E-state index contributed by atoms with van der Waals surface area (Å²) in [4.78, 5) is 23.4. The van der Waals surface area contributed by atoms with Crippen LogP contribution in [0.3, 0.4) is 0 Å². The number of rotatable bonds is 4. The van der Waals surface area contributed by atoms with Crippen molar-refractivity contribution in [1.29, 1.82) is 0 Å². The van der Waals surface area contributed by atoms with Crippen LogP contribution in [0.25, 0.3) is 11.1 Å². The van der Waals surface area contributed by atoms with Gasteiger partial charge in [0.05, 0.1) is 5.56 Å². The van der Waals surface area contributed by atoms with Crippen molar-refractivity contribution in [2.24, 2.45) is 0 Å². The van der Waals surface area contributed by atoms with Gasteiger partial charge in [-0.3, -0.25) is 4.79 Å². The molecule has 1 amide bonds. The zero-order chi connectivity index (χ0) is 17.8. The Bertz CT molecular complexity index is 916. The second-order valence-electron chi connectivity index (χ2n) is 5.73. The van der Waals surface area contributed by atoms with Crippen LogP contribution in [0.2, 0.25) is 0 Å². The van der Waals surface area contributed by atoms with E-state index in [4.69, 9.17) is 5.11 Å². The number of anilines is 1. The van der Waals surface area contributed by atoms with Gasteiger partial charge in [0.15, 0.2) is 0 Å². The third-order valence-electron chi connectivity index (χ3n) is 3.98. The first-order valence-electron chi connectivity index (χ1n) is 7.85. The van der Waals surface area contributed by atoms with Crippen LogP contribution >= 0.6 is 0 Å². The Morgan fingerprint density at radius 3 is 2.00 bits per heavy atom. The molecule has 0 unspecified atom stereocenters. The molecule has 0 saturated carbocycles. The fraction of sp³-hybridized carbons (Fsp3) is 0.0476. The van der Waals surface area contributed by atoms with Crippen LogP contribution < -0.4 is 5.32 Å². The van der Waals surface area contributed by atoms with E-state index in [1.165, 1.54) is 12.1 Å². The summed E-state index contributed by atoms with van der Waals surface area (Å²) in [6, 6.07) is 21.9. The molecular weight excluding hydrogens is 314 g/mol. The van der Waals surface area contributed by atoms with E-state index in [0.717, 1.165) is 11.1 Å². The van der Waals surface area contributed by atoms with Crippen LogP contribution in [-0.2, 0) is 0 Å². The SMILES string of the molecule is Cc1cc(C(=O)O)ccc1NC(=O)c1ccc(-c2ccccc2)cc1. The molecule has 0 radical (unpaired) electrons. The van der Waals surface area contributed by atoms with E-state index in [0.29, 0.717) is 16.8 Å². The highest BCUT2D eigenvalue weighted by Crippen LogP contribution is 2.21. The molecule has 124 valence electrons. The number of aromatic carboxylic acids is 1. The van der Waals surface area contributed by atoms with Crippen molar-refractivity contribution in [1.82, 2.24) is 0 Å². The van der Waals surface area contributed by atoms with Crippen molar-refractivity contribution in [2.45, 2.75) is 6.92 Å². The summed E-state index contributed by atoms with van der Waals surface area (Å²) >= 11 is 0. The number of carbonyl (C=O) groups excluding carboxylic acids is 1. The minimum absolute atomic E-state index is 0.197. The van der Waals surface area contributed by atoms with Crippen LogP contribution in [0, 0.1) is 6.92 Å². The molecule has 2 N–H and O–H groups in total. The highest BCUT2D eigenvalue weighted by Gasteiger charge is 2.10. The fourth-order valence-electron chi connectivity index (χ4n) is 2.58. The monoisotopic (exact) mass is 331 g/mol. The van der Waals surface area contributed by atoms with Gasteiger partial charge in [0.2, 0.25) is 0 Å². The number of hydrogen-bond donors (Lipinski definition) is 2. The smallest absolute Gasteiger partial charge is 0.335 e. The third kappa shape index (κ3) is 3.75. The topological polar surface area (TPSA) is 66.4 Å². The summed E-state index contributed by atoms with van der Waals surface area (Å²) in [7, 11) is 0. The fourth-order valence-corrected chi connectivity index (χ4v) is 2.58. The van der Waals surface area contributed by atoms with Gasteiger partial charge in [0.1, 0.15) is 0 Å². The van der Waals surface area contributed by atoms with Crippen molar-refractivity contribution < 1.29 is 14.7 Å². The predicted molar refractivity (Wildman–Crippen MR) is 98.0 cm³/mol. The van der Waals surface area contributed by atoms with Gasteiger partial charge in [0, 0.05) is 11.3 Å². The third-order valence-corrected chi connectivity index (χ3v) is 3.98. The van der Waals surface area contributed by atoms with Crippen LogP contribution in [0.15, 0.2) is 72.8 Å². The van der Waals surface area contributed by atoms with Gasteiger partial charge >= 0.3 is 5.97 Å². The molecule has 0 atom stereocenters. The molecule has 0 saturated heterocycles. The lowest BCUT2D eigenvalue weighted by atomic mass is 10.0. The molecule has 0 heterocycles. The van der Waals surface area contributed by atoms with E-state index in [1.807, 2.05) is 42.5 Å². The van der Waals surface area contributed by atoms with Crippen LogP contribution in [0.5, 0.6) is 0 Å². The summed E-state index contributed by atoms with van der Waals surface area (Å²) in [5.41, 5.74) is 4.18. The molecule has 4 nitrogen and oxygen atoms in total. The predicted octanol–water partition coefficient (Wildman–Crippen LogP) is 4.61. The first-order valence-corrected chi connectivity index (χ1v) is 7.85. The highest BCUT2D eigenvalue weighted by molar-refractivity contribution is 6.05. The maximum absolute atomic E-state index is 12.4. The van der Waals surface area contributed by atoms with Crippen LogP contribution in [-0.4, -0.2) is 17.0 Å².